The number of rotatable bonds is 9. The van der Waals surface area contributed by atoms with Gasteiger partial charge >= 0.3 is 0 Å². The van der Waals surface area contributed by atoms with E-state index in [9.17, 15) is 14.4 Å². The standard InChI is InChI=1S/C50H51N3O6/c1-30-18-40-33(14-16-38-22-35-10-6-8-12-42(35)52(38)48(40)55)24-44(30)58-28-31-19-32(21-37(20-31)51-47(54)27-50(2,3)4)29-59-46-25-34-15-17-39-23-36-11-7-9-13-43(36)53(39)49(56)41(34)26-45(46)57-5/h6-13,18-21,24-26,38-39H,14-17,22-23,27-29H2,1-5H3,(H,51,54)/t38-,39-/m1/s1. The molecular weight excluding hydrogens is 739 g/mol. The second-order valence-electron chi connectivity index (χ2n) is 17.7. The maximum Gasteiger partial charge on any atom is 0.258 e. The Balaban J connectivity index is 0.957. The number of aryl methyl sites for hydroxylation is 3. The average Bonchev–Trinajstić information content (AvgIpc) is 3.70. The molecule has 4 aliphatic heterocycles. The first-order chi connectivity index (χ1) is 28.4. The van der Waals surface area contributed by atoms with Crippen molar-refractivity contribution in [2.75, 3.05) is 22.2 Å². The minimum absolute atomic E-state index is 0.0110. The van der Waals surface area contributed by atoms with E-state index in [-0.39, 0.29) is 48.4 Å². The Labute approximate surface area is 346 Å². The topological polar surface area (TPSA) is 97.4 Å². The Bertz CT molecular complexity index is 2500. The first-order valence-electron chi connectivity index (χ1n) is 20.8. The maximum absolute atomic E-state index is 14.0. The molecule has 5 aromatic rings. The summed E-state index contributed by atoms with van der Waals surface area (Å²) in [6.45, 7) is 8.55. The molecule has 302 valence electrons. The van der Waals surface area contributed by atoms with E-state index in [0.717, 1.165) is 89.0 Å². The van der Waals surface area contributed by atoms with E-state index in [2.05, 4.69) is 23.5 Å². The first-order valence-corrected chi connectivity index (χ1v) is 20.8. The van der Waals surface area contributed by atoms with Crippen molar-refractivity contribution in [3.8, 4) is 17.2 Å². The van der Waals surface area contributed by atoms with Crippen molar-refractivity contribution >= 4 is 34.8 Å². The summed E-state index contributed by atoms with van der Waals surface area (Å²) >= 11 is 0. The van der Waals surface area contributed by atoms with Gasteiger partial charge in [0.15, 0.2) is 11.5 Å². The molecule has 5 aromatic carbocycles. The Kier molecular flexibility index (Phi) is 9.94. The predicted molar refractivity (Wildman–Crippen MR) is 230 cm³/mol. The molecule has 0 aliphatic carbocycles. The van der Waals surface area contributed by atoms with Crippen LogP contribution >= 0.6 is 0 Å². The zero-order valence-electron chi connectivity index (χ0n) is 34.5. The highest BCUT2D eigenvalue weighted by Crippen LogP contribution is 2.42. The van der Waals surface area contributed by atoms with Crippen molar-refractivity contribution in [2.45, 2.75) is 97.9 Å². The monoisotopic (exact) mass is 789 g/mol. The average molecular weight is 790 g/mol. The van der Waals surface area contributed by atoms with Gasteiger partial charge in [-0.2, -0.15) is 0 Å². The van der Waals surface area contributed by atoms with Crippen LogP contribution < -0.4 is 29.3 Å². The molecule has 0 aromatic heterocycles. The Morgan fingerprint density at radius 1 is 0.678 bits per heavy atom. The fraction of sp³-hybridized carbons (Fsp3) is 0.340. The molecule has 1 N–H and O–H groups in total. The Morgan fingerprint density at radius 3 is 1.76 bits per heavy atom. The van der Waals surface area contributed by atoms with Crippen LogP contribution in [-0.2, 0) is 43.7 Å². The fourth-order valence-corrected chi connectivity index (χ4v) is 9.42. The van der Waals surface area contributed by atoms with Crippen LogP contribution in [0.4, 0.5) is 17.1 Å². The predicted octanol–water partition coefficient (Wildman–Crippen LogP) is 9.57. The highest BCUT2D eigenvalue weighted by Gasteiger charge is 2.39. The molecular formula is C50H51N3O6. The molecule has 0 saturated heterocycles. The molecule has 4 aliphatic rings. The molecule has 3 amide bonds. The number of anilines is 3. The molecule has 9 nitrogen and oxygen atoms in total. The first kappa shape index (κ1) is 38.4. The van der Waals surface area contributed by atoms with Crippen molar-refractivity contribution in [1.29, 1.82) is 0 Å². The summed E-state index contributed by atoms with van der Waals surface area (Å²) in [5.41, 5.74) is 10.8. The maximum atomic E-state index is 14.0. The SMILES string of the molecule is COc1cc2c(cc1OCc1cc(COc3cc4c(cc3C)C(=O)N3c5ccccc5C[C@H]3CC4)cc(NC(=O)CC(C)(C)C)c1)CC[C@@H]1Cc3ccccc3N1C2=O. The summed E-state index contributed by atoms with van der Waals surface area (Å²) < 4.78 is 18.8. The number of ether oxygens (including phenoxy) is 3. The second kappa shape index (κ2) is 15.3. The zero-order chi connectivity index (χ0) is 41.0. The largest absolute Gasteiger partial charge is 0.493 e. The van der Waals surface area contributed by atoms with Gasteiger partial charge in [0.25, 0.3) is 11.8 Å². The third kappa shape index (κ3) is 7.55. The number of para-hydroxylation sites is 2. The van der Waals surface area contributed by atoms with Crippen LogP contribution in [0, 0.1) is 12.3 Å². The number of nitrogens with one attached hydrogen (secondary N) is 1. The fourth-order valence-electron chi connectivity index (χ4n) is 9.42. The number of methoxy groups -OCH3 is 1. The molecule has 2 atom stereocenters. The number of amides is 3. The molecule has 9 heteroatoms. The summed E-state index contributed by atoms with van der Waals surface area (Å²) in [5, 5.41) is 3.11. The van der Waals surface area contributed by atoms with Gasteiger partial charge in [-0.25, -0.2) is 0 Å². The van der Waals surface area contributed by atoms with Gasteiger partial charge in [0, 0.05) is 46.7 Å². The van der Waals surface area contributed by atoms with Gasteiger partial charge < -0.3 is 29.3 Å². The lowest BCUT2D eigenvalue weighted by molar-refractivity contribution is -0.117. The number of hydrogen-bond acceptors (Lipinski definition) is 6. The summed E-state index contributed by atoms with van der Waals surface area (Å²) in [6.07, 6.45) is 5.37. The lowest BCUT2D eigenvalue weighted by Gasteiger charge is -2.23. The van der Waals surface area contributed by atoms with Crippen LogP contribution in [0.15, 0.2) is 91.0 Å². The van der Waals surface area contributed by atoms with Crippen molar-refractivity contribution in [1.82, 2.24) is 0 Å². The smallest absolute Gasteiger partial charge is 0.258 e. The number of carbonyl (C=O) groups excluding carboxylic acids is 3. The van der Waals surface area contributed by atoms with Crippen molar-refractivity contribution in [3.63, 3.8) is 0 Å². The van der Waals surface area contributed by atoms with E-state index in [0.29, 0.717) is 29.2 Å². The number of benzene rings is 5. The van der Waals surface area contributed by atoms with Gasteiger partial charge in [0.05, 0.1) is 7.11 Å². The van der Waals surface area contributed by atoms with E-state index >= 15 is 0 Å². The second-order valence-corrected chi connectivity index (χ2v) is 17.7. The van der Waals surface area contributed by atoms with Crippen molar-refractivity contribution in [2.24, 2.45) is 5.41 Å². The summed E-state index contributed by atoms with van der Waals surface area (Å²) in [4.78, 5) is 45.1. The molecule has 59 heavy (non-hydrogen) atoms. The molecule has 0 radical (unpaired) electrons. The van der Waals surface area contributed by atoms with Gasteiger partial charge in [0.2, 0.25) is 5.91 Å². The van der Waals surface area contributed by atoms with Crippen LogP contribution in [0.2, 0.25) is 0 Å². The highest BCUT2D eigenvalue weighted by molar-refractivity contribution is 6.10. The zero-order valence-corrected chi connectivity index (χ0v) is 34.5. The molecule has 4 heterocycles. The third-order valence-electron chi connectivity index (χ3n) is 12.1. The number of hydrogen-bond donors (Lipinski definition) is 1. The van der Waals surface area contributed by atoms with E-state index in [1.807, 2.05) is 110 Å². The van der Waals surface area contributed by atoms with Gasteiger partial charge in [-0.15, -0.1) is 0 Å². The summed E-state index contributed by atoms with van der Waals surface area (Å²) in [6, 6.07) is 30.3. The summed E-state index contributed by atoms with van der Waals surface area (Å²) in [7, 11) is 1.59. The van der Waals surface area contributed by atoms with Crippen LogP contribution in [-0.4, -0.2) is 36.9 Å². The lowest BCUT2D eigenvalue weighted by atomic mass is 9.92. The summed E-state index contributed by atoms with van der Waals surface area (Å²) in [5.74, 6) is 1.74. The minimum Gasteiger partial charge on any atom is -0.493 e. The molecule has 9 rings (SSSR count). The third-order valence-corrected chi connectivity index (χ3v) is 12.1. The van der Waals surface area contributed by atoms with Crippen molar-refractivity contribution < 1.29 is 28.6 Å². The molecule has 0 saturated carbocycles. The number of nitrogens with zero attached hydrogens (tertiary/aromatic N) is 2. The van der Waals surface area contributed by atoms with Gasteiger partial charge in [-0.3, -0.25) is 14.4 Å². The van der Waals surface area contributed by atoms with Gasteiger partial charge in [-0.1, -0.05) is 57.2 Å². The van der Waals surface area contributed by atoms with Crippen molar-refractivity contribution in [3.05, 3.63) is 141 Å². The van der Waals surface area contributed by atoms with Crippen LogP contribution in [0.5, 0.6) is 17.2 Å². The quantitative estimate of drug-likeness (QED) is 0.160. The number of fused-ring (bicyclic) bond motifs is 8. The molecule has 0 spiro atoms. The molecule has 0 unspecified atom stereocenters. The Morgan fingerprint density at radius 2 is 1.20 bits per heavy atom. The van der Waals surface area contributed by atoms with Gasteiger partial charge in [0.1, 0.15) is 19.0 Å². The highest BCUT2D eigenvalue weighted by atomic mass is 16.5. The van der Waals surface area contributed by atoms with E-state index in [1.54, 1.807) is 7.11 Å². The van der Waals surface area contributed by atoms with Crippen LogP contribution in [0.1, 0.15) is 99.7 Å². The molecule has 0 bridgehead atoms. The molecule has 0 fully saturated rings. The van der Waals surface area contributed by atoms with E-state index in [1.165, 1.54) is 11.1 Å². The lowest BCUT2D eigenvalue weighted by Crippen LogP contribution is -2.36. The van der Waals surface area contributed by atoms with Crippen LogP contribution in [0.25, 0.3) is 0 Å². The Hall–Kier alpha value is -6.09. The van der Waals surface area contributed by atoms with Crippen LogP contribution in [0.3, 0.4) is 0 Å². The number of carbonyl (C=O) groups is 3. The van der Waals surface area contributed by atoms with Gasteiger partial charge in [-0.05, 0) is 144 Å². The minimum atomic E-state index is -0.178. The normalized spacial score (nSPS) is 17.8. The van der Waals surface area contributed by atoms with E-state index < -0.39 is 0 Å². The van der Waals surface area contributed by atoms with E-state index in [4.69, 9.17) is 14.2 Å².